The number of unbranched alkanes of at least 4 members (excludes halogenated alkanes) is 42. The lowest BCUT2D eigenvalue weighted by atomic mass is 10.0. The lowest BCUT2D eigenvalue weighted by Crippen LogP contribution is -2.30. The van der Waals surface area contributed by atoms with Gasteiger partial charge in [0.15, 0.2) is 6.10 Å². The summed E-state index contributed by atoms with van der Waals surface area (Å²) in [5.41, 5.74) is 0. The van der Waals surface area contributed by atoms with E-state index in [0.29, 0.717) is 19.3 Å². The highest BCUT2D eigenvalue weighted by atomic mass is 16.6. The van der Waals surface area contributed by atoms with Crippen LogP contribution in [0.4, 0.5) is 0 Å². The third-order valence-electron chi connectivity index (χ3n) is 14.0. The molecule has 6 nitrogen and oxygen atoms in total. The zero-order valence-electron chi connectivity index (χ0n) is 46.6. The number of carbonyl (C=O) groups excluding carboxylic acids is 3. The third-order valence-corrected chi connectivity index (χ3v) is 14.0. The number of hydrogen-bond acceptors (Lipinski definition) is 6. The molecule has 0 aliphatic heterocycles. The molecule has 0 aliphatic carbocycles. The molecule has 0 rings (SSSR count). The molecule has 0 radical (unpaired) electrons. The second-order valence-electron chi connectivity index (χ2n) is 21.0. The van der Waals surface area contributed by atoms with Crippen LogP contribution in [-0.2, 0) is 28.6 Å². The molecule has 6 heteroatoms. The minimum absolute atomic E-state index is 0.0690. The third kappa shape index (κ3) is 56.7. The van der Waals surface area contributed by atoms with Crippen molar-refractivity contribution in [3.63, 3.8) is 0 Å². The summed E-state index contributed by atoms with van der Waals surface area (Å²) in [6.45, 7) is 6.65. The first kappa shape index (κ1) is 66.9. The van der Waals surface area contributed by atoms with Crippen molar-refractivity contribution in [3.05, 3.63) is 24.3 Å². The highest BCUT2D eigenvalue weighted by molar-refractivity contribution is 5.71. The first-order valence-corrected chi connectivity index (χ1v) is 30.8. The van der Waals surface area contributed by atoms with Crippen LogP contribution in [0.25, 0.3) is 0 Å². The Bertz CT molecular complexity index is 1110. The van der Waals surface area contributed by atoms with Crippen LogP contribution in [0.1, 0.15) is 342 Å². The summed E-state index contributed by atoms with van der Waals surface area (Å²) in [4.78, 5) is 38.1. The van der Waals surface area contributed by atoms with Gasteiger partial charge in [0, 0.05) is 19.3 Å². The van der Waals surface area contributed by atoms with E-state index in [-0.39, 0.29) is 31.1 Å². The molecule has 0 heterocycles. The van der Waals surface area contributed by atoms with Gasteiger partial charge in [0.05, 0.1) is 0 Å². The van der Waals surface area contributed by atoms with Crippen LogP contribution in [0, 0.1) is 0 Å². The Kier molecular flexibility index (Phi) is 56.7. The smallest absolute Gasteiger partial charge is 0.306 e. The molecule has 0 amide bonds. The predicted octanol–water partition coefficient (Wildman–Crippen LogP) is 20.7. The lowest BCUT2D eigenvalue weighted by molar-refractivity contribution is -0.167. The molecule has 406 valence electrons. The van der Waals surface area contributed by atoms with E-state index < -0.39 is 6.10 Å². The van der Waals surface area contributed by atoms with Crippen molar-refractivity contribution in [2.75, 3.05) is 13.2 Å². The van der Waals surface area contributed by atoms with Crippen LogP contribution >= 0.6 is 0 Å². The molecule has 0 spiro atoms. The van der Waals surface area contributed by atoms with E-state index in [2.05, 4.69) is 45.1 Å². The summed E-state index contributed by atoms with van der Waals surface area (Å²) in [5, 5.41) is 0. The SMILES string of the molecule is CCCCC/C=C\C/C=C\CCCCCCCCCC(=O)OC(COC(=O)CCCCCCCCCCCC)COC(=O)CCCCCCCCCCCCCCCCCCCCCCCCCC. The van der Waals surface area contributed by atoms with Crippen LogP contribution in [0.5, 0.6) is 0 Å². The predicted molar refractivity (Wildman–Crippen MR) is 298 cm³/mol. The largest absolute Gasteiger partial charge is 0.462 e. The van der Waals surface area contributed by atoms with Gasteiger partial charge < -0.3 is 14.2 Å². The highest BCUT2D eigenvalue weighted by Gasteiger charge is 2.19. The fraction of sp³-hybridized carbons (Fsp3) is 0.889. The van der Waals surface area contributed by atoms with Crippen molar-refractivity contribution in [3.8, 4) is 0 Å². The minimum Gasteiger partial charge on any atom is -0.462 e. The Morgan fingerprint density at radius 3 is 0.826 bits per heavy atom. The van der Waals surface area contributed by atoms with E-state index in [9.17, 15) is 14.4 Å². The normalized spacial score (nSPS) is 12.1. The van der Waals surface area contributed by atoms with Crippen molar-refractivity contribution in [1.82, 2.24) is 0 Å². The summed E-state index contributed by atoms with van der Waals surface area (Å²) < 4.78 is 16.9. The van der Waals surface area contributed by atoms with E-state index in [0.717, 1.165) is 70.6 Å². The van der Waals surface area contributed by atoms with Crippen molar-refractivity contribution < 1.29 is 28.6 Å². The molecule has 0 saturated heterocycles. The topological polar surface area (TPSA) is 78.9 Å². The number of hydrogen-bond donors (Lipinski definition) is 0. The fourth-order valence-corrected chi connectivity index (χ4v) is 9.30. The van der Waals surface area contributed by atoms with E-state index in [1.165, 1.54) is 231 Å². The maximum atomic E-state index is 12.8. The Balaban J connectivity index is 4.19. The Morgan fingerprint density at radius 2 is 0.522 bits per heavy atom. The number of ether oxygens (including phenoxy) is 3. The van der Waals surface area contributed by atoms with E-state index in [1.807, 2.05) is 0 Å². The van der Waals surface area contributed by atoms with Gasteiger partial charge in [0.2, 0.25) is 0 Å². The summed E-state index contributed by atoms with van der Waals surface area (Å²) in [6.07, 6.45) is 69.0. The maximum Gasteiger partial charge on any atom is 0.306 e. The van der Waals surface area contributed by atoms with Crippen LogP contribution in [-0.4, -0.2) is 37.2 Å². The van der Waals surface area contributed by atoms with Gasteiger partial charge in [-0.05, 0) is 51.4 Å². The van der Waals surface area contributed by atoms with Crippen molar-refractivity contribution in [2.24, 2.45) is 0 Å². The van der Waals surface area contributed by atoms with Gasteiger partial charge in [0.1, 0.15) is 13.2 Å². The average Bonchev–Trinajstić information content (AvgIpc) is 3.35. The summed E-state index contributed by atoms with van der Waals surface area (Å²) in [6, 6.07) is 0. The number of allylic oxidation sites excluding steroid dienone is 4. The molecule has 1 unspecified atom stereocenters. The van der Waals surface area contributed by atoms with Crippen LogP contribution in [0.3, 0.4) is 0 Å². The Hall–Kier alpha value is -2.11. The van der Waals surface area contributed by atoms with Crippen molar-refractivity contribution in [2.45, 2.75) is 348 Å². The molecule has 0 N–H and O–H groups in total. The molecule has 69 heavy (non-hydrogen) atoms. The number of carbonyl (C=O) groups is 3. The average molecular weight is 972 g/mol. The molecule has 0 bridgehead atoms. The van der Waals surface area contributed by atoms with Crippen molar-refractivity contribution in [1.29, 1.82) is 0 Å². The maximum absolute atomic E-state index is 12.8. The van der Waals surface area contributed by atoms with Crippen LogP contribution < -0.4 is 0 Å². The van der Waals surface area contributed by atoms with Crippen LogP contribution in [0.15, 0.2) is 24.3 Å². The molecule has 0 fully saturated rings. The number of rotatable bonds is 57. The van der Waals surface area contributed by atoms with E-state index in [4.69, 9.17) is 14.2 Å². The second-order valence-corrected chi connectivity index (χ2v) is 21.0. The van der Waals surface area contributed by atoms with E-state index >= 15 is 0 Å². The molecule has 0 aromatic rings. The monoisotopic (exact) mass is 971 g/mol. The van der Waals surface area contributed by atoms with Gasteiger partial charge in [0.25, 0.3) is 0 Å². The first-order valence-electron chi connectivity index (χ1n) is 30.8. The van der Waals surface area contributed by atoms with Gasteiger partial charge in [-0.1, -0.05) is 295 Å². The quantitative estimate of drug-likeness (QED) is 0.0261. The summed E-state index contributed by atoms with van der Waals surface area (Å²) in [5.74, 6) is -0.856. The van der Waals surface area contributed by atoms with Crippen LogP contribution in [0.2, 0.25) is 0 Å². The standard InChI is InChI=1S/C63H118O6/c1-4-7-10-13-16-19-22-24-26-28-29-30-31-32-33-34-36-37-39-41-44-47-50-53-56-62(65)68-59-60(58-67-61(64)55-52-49-46-43-21-18-15-12-9-6-3)69-63(66)57-54-51-48-45-42-40-38-35-27-25-23-20-17-14-11-8-5-2/h17,20,25,27,60H,4-16,18-19,21-24,26,28-59H2,1-3H3/b20-17-,27-25-. The van der Waals surface area contributed by atoms with Gasteiger partial charge in [-0.15, -0.1) is 0 Å². The Labute approximate surface area is 430 Å². The zero-order chi connectivity index (χ0) is 50.0. The first-order chi connectivity index (χ1) is 34.0. The molecular weight excluding hydrogens is 853 g/mol. The molecule has 0 saturated carbocycles. The minimum atomic E-state index is -0.770. The highest BCUT2D eigenvalue weighted by Crippen LogP contribution is 2.18. The van der Waals surface area contributed by atoms with Crippen molar-refractivity contribution >= 4 is 17.9 Å². The molecule has 1 atom stereocenters. The fourth-order valence-electron chi connectivity index (χ4n) is 9.30. The van der Waals surface area contributed by atoms with Gasteiger partial charge >= 0.3 is 17.9 Å². The molecular formula is C63H118O6. The zero-order valence-corrected chi connectivity index (χ0v) is 46.6. The van der Waals surface area contributed by atoms with Gasteiger partial charge in [-0.2, -0.15) is 0 Å². The van der Waals surface area contributed by atoms with Gasteiger partial charge in [-0.25, -0.2) is 0 Å². The second kappa shape index (κ2) is 58.5. The lowest BCUT2D eigenvalue weighted by Gasteiger charge is -2.18. The molecule has 0 aromatic heterocycles. The van der Waals surface area contributed by atoms with E-state index in [1.54, 1.807) is 0 Å². The molecule has 0 aliphatic rings. The molecule has 0 aromatic carbocycles. The summed E-state index contributed by atoms with van der Waals surface area (Å²) >= 11 is 0. The Morgan fingerprint density at radius 1 is 0.290 bits per heavy atom. The van der Waals surface area contributed by atoms with Gasteiger partial charge in [-0.3, -0.25) is 14.4 Å². The summed E-state index contributed by atoms with van der Waals surface area (Å²) in [7, 11) is 0. The number of esters is 3.